The molecule has 0 saturated carbocycles. The van der Waals surface area contributed by atoms with Crippen LogP contribution < -0.4 is 4.90 Å². The number of carbonyl (C=O) groups excluding carboxylic acids is 2. The lowest BCUT2D eigenvalue weighted by molar-refractivity contribution is -0.139. The second-order valence-electron chi connectivity index (χ2n) is 6.67. The predicted molar refractivity (Wildman–Crippen MR) is 88.8 cm³/mol. The minimum Gasteiger partial charge on any atom is -0.338 e. The molecular formula is C18H26N2O2. The largest absolute Gasteiger partial charge is 0.338 e. The topological polar surface area (TPSA) is 40.6 Å². The van der Waals surface area contributed by atoms with Crippen molar-refractivity contribution in [3.8, 4) is 0 Å². The van der Waals surface area contributed by atoms with E-state index in [9.17, 15) is 9.59 Å². The van der Waals surface area contributed by atoms with E-state index in [-0.39, 0.29) is 29.8 Å². The van der Waals surface area contributed by atoms with E-state index in [4.69, 9.17) is 0 Å². The average Bonchev–Trinajstić information content (AvgIpc) is 2.81. The van der Waals surface area contributed by atoms with Gasteiger partial charge in [0.25, 0.3) is 0 Å². The highest BCUT2D eigenvalue weighted by Gasteiger charge is 2.38. The molecule has 0 bridgehead atoms. The lowest BCUT2D eigenvalue weighted by Gasteiger charge is -2.32. The van der Waals surface area contributed by atoms with E-state index in [1.807, 2.05) is 63.8 Å². The molecule has 0 N–H and O–H groups in total. The summed E-state index contributed by atoms with van der Waals surface area (Å²) in [5, 5.41) is 0. The Labute approximate surface area is 133 Å². The first-order valence-corrected chi connectivity index (χ1v) is 8.00. The molecule has 22 heavy (non-hydrogen) atoms. The summed E-state index contributed by atoms with van der Waals surface area (Å²) in [4.78, 5) is 28.7. The van der Waals surface area contributed by atoms with Crippen molar-refractivity contribution in [3.05, 3.63) is 29.8 Å². The number of hydrogen-bond donors (Lipinski definition) is 0. The Morgan fingerprint density at radius 3 is 2.18 bits per heavy atom. The van der Waals surface area contributed by atoms with E-state index < -0.39 is 0 Å². The molecule has 2 amide bonds. The molecule has 0 radical (unpaired) electrons. The normalized spacial score (nSPS) is 18.4. The van der Waals surface area contributed by atoms with Crippen LogP contribution in [0.5, 0.6) is 0 Å². The van der Waals surface area contributed by atoms with Crippen molar-refractivity contribution < 1.29 is 9.59 Å². The Balaban J connectivity index is 2.14. The minimum absolute atomic E-state index is 0.0367. The summed E-state index contributed by atoms with van der Waals surface area (Å²) in [6.07, 6.45) is 0.308. The second-order valence-corrected chi connectivity index (χ2v) is 6.67. The molecule has 1 unspecified atom stereocenters. The van der Waals surface area contributed by atoms with Gasteiger partial charge in [-0.3, -0.25) is 9.59 Å². The number of hydrogen-bond acceptors (Lipinski definition) is 2. The van der Waals surface area contributed by atoms with Crippen molar-refractivity contribution in [2.45, 2.75) is 53.1 Å². The zero-order chi connectivity index (χ0) is 16.4. The van der Waals surface area contributed by atoms with Crippen molar-refractivity contribution in [1.82, 2.24) is 4.90 Å². The average molecular weight is 302 g/mol. The van der Waals surface area contributed by atoms with Crippen LogP contribution in [0.2, 0.25) is 0 Å². The Bertz CT molecular complexity index is 541. The molecule has 4 heteroatoms. The number of benzene rings is 1. The van der Waals surface area contributed by atoms with Gasteiger partial charge in [0.2, 0.25) is 11.8 Å². The Morgan fingerprint density at radius 2 is 1.68 bits per heavy atom. The molecule has 1 aromatic rings. The highest BCUT2D eigenvalue weighted by Crippen LogP contribution is 2.27. The van der Waals surface area contributed by atoms with Crippen molar-refractivity contribution >= 4 is 17.5 Å². The summed E-state index contributed by atoms with van der Waals surface area (Å²) in [5.41, 5.74) is 2.04. The molecule has 0 spiro atoms. The number of aryl methyl sites for hydroxylation is 1. The van der Waals surface area contributed by atoms with Gasteiger partial charge in [0.15, 0.2) is 0 Å². The maximum atomic E-state index is 12.8. The molecule has 4 nitrogen and oxygen atoms in total. The second kappa shape index (κ2) is 6.51. The summed E-state index contributed by atoms with van der Waals surface area (Å²) in [6, 6.07) is 8.18. The molecule has 1 aliphatic rings. The number of carbonyl (C=O) groups is 2. The summed E-state index contributed by atoms with van der Waals surface area (Å²) in [6.45, 7) is 10.6. The van der Waals surface area contributed by atoms with Crippen LogP contribution in [0.3, 0.4) is 0 Å². The molecule has 120 valence electrons. The molecule has 1 fully saturated rings. The van der Waals surface area contributed by atoms with Gasteiger partial charge in [0, 0.05) is 30.7 Å². The van der Waals surface area contributed by atoms with Gasteiger partial charge >= 0.3 is 0 Å². The van der Waals surface area contributed by atoms with Crippen LogP contribution in [0.4, 0.5) is 5.69 Å². The molecule has 1 atom stereocenters. The van der Waals surface area contributed by atoms with E-state index >= 15 is 0 Å². The third-order valence-corrected chi connectivity index (χ3v) is 4.19. The SMILES string of the molecule is Cc1ccc(N2CC(C(=O)N(C(C)C)C(C)C)CC2=O)cc1. The Kier molecular flexibility index (Phi) is 4.89. The summed E-state index contributed by atoms with van der Waals surface area (Å²) in [7, 11) is 0. The van der Waals surface area contributed by atoms with Crippen LogP contribution in [0.25, 0.3) is 0 Å². The minimum atomic E-state index is -0.237. The van der Waals surface area contributed by atoms with E-state index in [1.54, 1.807) is 4.90 Å². The number of amides is 2. The van der Waals surface area contributed by atoms with E-state index in [0.717, 1.165) is 11.3 Å². The van der Waals surface area contributed by atoms with Gasteiger partial charge in [0.1, 0.15) is 0 Å². The maximum absolute atomic E-state index is 12.8. The van der Waals surface area contributed by atoms with Crippen molar-refractivity contribution in [1.29, 1.82) is 0 Å². The van der Waals surface area contributed by atoms with Gasteiger partial charge in [-0.2, -0.15) is 0 Å². The van der Waals surface area contributed by atoms with Crippen LogP contribution >= 0.6 is 0 Å². The summed E-state index contributed by atoms with van der Waals surface area (Å²) in [5.74, 6) is -0.110. The number of rotatable bonds is 4. The molecule has 1 aliphatic heterocycles. The van der Waals surface area contributed by atoms with Gasteiger partial charge in [0.05, 0.1) is 5.92 Å². The smallest absolute Gasteiger partial charge is 0.228 e. The third kappa shape index (κ3) is 3.32. The fraction of sp³-hybridized carbons (Fsp3) is 0.556. The van der Waals surface area contributed by atoms with Gasteiger partial charge in [-0.25, -0.2) is 0 Å². The fourth-order valence-corrected chi connectivity index (χ4v) is 3.16. The summed E-state index contributed by atoms with van der Waals surface area (Å²) >= 11 is 0. The zero-order valence-corrected chi connectivity index (χ0v) is 14.2. The molecule has 0 aliphatic carbocycles. The van der Waals surface area contributed by atoms with Crippen LogP contribution in [0.1, 0.15) is 39.7 Å². The van der Waals surface area contributed by atoms with E-state index in [2.05, 4.69) is 0 Å². The quantitative estimate of drug-likeness (QED) is 0.858. The molecular weight excluding hydrogens is 276 g/mol. The zero-order valence-electron chi connectivity index (χ0n) is 14.2. The highest BCUT2D eigenvalue weighted by molar-refractivity contribution is 6.00. The standard InChI is InChI=1S/C18H26N2O2/c1-12(2)20(13(3)4)18(22)15-10-17(21)19(11-15)16-8-6-14(5)7-9-16/h6-9,12-13,15H,10-11H2,1-5H3. The third-order valence-electron chi connectivity index (χ3n) is 4.19. The fourth-order valence-electron chi connectivity index (χ4n) is 3.16. The van der Waals surface area contributed by atoms with E-state index in [0.29, 0.717) is 13.0 Å². The van der Waals surface area contributed by atoms with Gasteiger partial charge in [-0.15, -0.1) is 0 Å². The highest BCUT2D eigenvalue weighted by atomic mass is 16.2. The number of anilines is 1. The first-order chi connectivity index (χ1) is 10.3. The van der Waals surface area contributed by atoms with Gasteiger partial charge in [-0.1, -0.05) is 17.7 Å². The molecule has 1 saturated heterocycles. The molecule has 1 heterocycles. The van der Waals surface area contributed by atoms with Crippen LogP contribution in [0.15, 0.2) is 24.3 Å². The van der Waals surface area contributed by atoms with Crippen LogP contribution in [-0.2, 0) is 9.59 Å². The Morgan fingerprint density at radius 1 is 1.14 bits per heavy atom. The van der Waals surface area contributed by atoms with Gasteiger partial charge < -0.3 is 9.80 Å². The van der Waals surface area contributed by atoms with Crippen LogP contribution in [-0.4, -0.2) is 35.3 Å². The molecule has 0 aromatic heterocycles. The van der Waals surface area contributed by atoms with Gasteiger partial charge in [-0.05, 0) is 46.8 Å². The van der Waals surface area contributed by atoms with Crippen molar-refractivity contribution in [2.75, 3.05) is 11.4 Å². The first-order valence-electron chi connectivity index (χ1n) is 8.00. The Hall–Kier alpha value is -1.84. The van der Waals surface area contributed by atoms with E-state index in [1.165, 1.54) is 0 Å². The van der Waals surface area contributed by atoms with Crippen molar-refractivity contribution in [2.24, 2.45) is 5.92 Å². The van der Waals surface area contributed by atoms with Crippen molar-refractivity contribution in [3.63, 3.8) is 0 Å². The lowest BCUT2D eigenvalue weighted by Crippen LogP contribution is -2.45. The molecule has 1 aromatic carbocycles. The lowest BCUT2D eigenvalue weighted by atomic mass is 10.0. The molecule has 2 rings (SSSR count). The maximum Gasteiger partial charge on any atom is 0.228 e. The summed E-state index contributed by atoms with van der Waals surface area (Å²) < 4.78 is 0. The predicted octanol–water partition coefficient (Wildman–Crippen LogP) is 2.99. The van der Waals surface area contributed by atoms with Crippen LogP contribution in [0, 0.1) is 12.8 Å². The first kappa shape index (κ1) is 16.5. The number of nitrogens with zero attached hydrogens (tertiary/aromatic N) is 2. The monoisotopic (exact) mass is 302 g/mol.